The van der Waals surface area contributed by atoms with Crippen molar-refractivity contribution >= 4 is 23.5 Å². The molecular formula is C16H16ClFN4O4. The number of ether oxygens (including phenoxy) is 1. The molecule has 10 heteroatoms. The van der Waals surface area contributed by atoms with Crippen molar-refractivity contribution in [3.05, 3.63) is 40.4 Å². The van der Waals surface area contributed by atoms with Crippen LogP contribution in [0.25, 0.3) is 5.69 Å². The van der Waals surface area contributed by atoms with E-state index in [4.69, 9.17) is 16.3 Å². The first-order valence-corrected chi connectivity index (χ1v) is 8.15. The van der Waals surface area contributed by atoms with Crippen molar-refractivity contribution < 1.29 is 23.8 Å². The lowest BCUT2D eigenvalue weighted by atomic mass is 10.2. The summed E-state index contributed by atoms with van der Waals surface area (Å²) in [5, 5.41) is 17.1. The van der Waals surface area contributed by atoms with Crippen LogP contribution in [0.5, 0.6) is 0 Å². The van der Waals surface area contributed by atoms with Crippen LogP contribution in [0.4, 0.5) is 4.39 Å². The highest BCUT2D eigenvalue weighted by atomic mass is 35.5. The molecule has 2 atom stereocenters. The van der Waals surface area contributed by atoms with Crippen LogP contribution < -0.4 is 0 Å². The lowest BCUT2D eigenvalue weighted by molar-refractivity contribution is -0.141. The third-order valence-electron chi connectivity index (χ3n) is 4.39. The molecule has 138 valence electrons. The Morgan fingerprint density at radius 3 is 2.77 bits per heavy atom. The Kier molecular flexibility index (Phi) is 4.92. The number of aliphatic carboxylic acids is 1. The molecule has 1 saturated heterocycles. The van der Waals surface area contributed by atoms with Gasteiger partial charge in [0.1, 0.15) is 11.9 Å². The fraction of sp³-hybridized carbons (Fsp3) is 0.375. The Morgan fingerprint density at radius 1 is 1.42 bits per heavy atom. The fourth-order valence-corrected chi connectivity index (χ4v) is 3.13. The molecular weight excluding hydrogens is 367 g/mol. The minimum absolute atomic E-state index is 0.0217. The molecule has 2 aromatic rings. The first-order valence-electron chi connectivity index (χ1n) is 7.77. The first-order chi connectivity index (χ1) is 12.3. The average molecular weight is 383 g/mol. The van der Waals surface area contributed by atoms with Crippen LogP contribution in [0.3, 0.4) is 0 Å². The van der Waals surface area contributed by atoms with E-state index in [0.29, 0.717) is 11.4 Å². The van der Waals surface area contributed by atoms with Gasteiger partial charge in [-0.15, -0.1) is 5.10 Å². The van der Waals surface area contributed by atoms with Gasteiger partial charge in [-0.1, -0.05) is 16.8 Å². The molecule has 2 heterocycles. The van der Waals surface area contributed by atoms with Gasteiger partial charge in [-0.05, 0) is 25.1 Å². The highest BCUT2D eigenvalue weighted by molar-refractivity contribution is 6.30. The Balaban J connectivity index is 1.92. The number of carbonyl (C=O) groups excluding carboxylic acids is 1. The average Bonchev–Trinajstić information content (AvgIpc) is 3.21. The van der Waals surface area contributed by atoms with Crippen LogP contribution in [-0.4, -0.2) is 62.7 Å². The largest absolute Gasteiger partial charge is 0.480 e. The molecule has 2 unspecified atom stereocenters. The van der Waals surface area contributed by atoms with Crippen LogP contribution in [-0.2, 0) is 9.53 Å². The van der Waals surface area contributed by atoms with Gasteiger partial charge in [-0.2, -0.15) is 0 Å². The quantitative estimate of drug-likeness (QED) is 0.864. The number of carboxylic acids is 1. The van der Waals surface area contributed by atoms with Gasteiger partial charge < -0.3 is 14.7 Å². The molecule has 1 aromatic heterocycles. The number of likely N-dealkylation sites (tertiary alicyclic amines) is 1. The van der Waals surface area contributed by atoms with Gasteiger partial charge in [-0.3, -0.25) is 4.79 Å². The van der Waals surface area contributed by atoms with E-state index in [1.165, 1.54) is 34.9 Å². The predicted octanol–water partition coefficient (Wildman–Crippen LogP) is 1.68. The summed E-state index contributed by atoms with van der Waals surface area (Å²) in [6, 6.07) is 3.01. The standard InChI is InChI=1S/C16H16ClFN4O4/c1-8-14(15(23)21-7-10(26-2)6-13(21)16(24)25)19-20-22(8)9-3-4-12(18)11(17)5-9/h3-5,10,13H,6-7H2,1-2H3,(H,24,25). The molecule has 0 saturated carbocycles. The van der Waals surface area contributed by atoms with Crippen LogP contribution in [0.2, 0.25) is 5.02 Å². The maximum Gasteiger partial charge on any atom is 0.326 e. The Hall–Kier alpha value is -2.52. The summed E-state index contributed by atoms with van der Waals surface area (Å²) in [7, 11) is 1.47. The Morgan fingerprint density at radius 2 is 2.15 bits per heavy atom. The summed E-state index contributed by atoms with van der Waals surface area (Å²) in [5.41, 5.74) is 0.850. The molecule has 0 radical (unpaired) electrons. The number of nitrogens with zero attached hydrogens (tertiary/aromatic N) is 4. The highest BCUT2D eigenvalue weighted by Gasteiger charge is 2.41. The molecule has 1 fully saturated rings. The number of hydrogen-bond donors (Lipinski definition) is 1. The Labute approximate surface area is 153 Å². The van der Waals surface area contributed by atoms with E-state index in [1.54, 1.807) is 6.92 Å². The zero-order valence-electron chi connectivity index (χ0n) is 14.0. The third-order valence-corrected chi connectivity index (χ3v) is 4.68. The minimum atomic E-state index is -1.10. The molecule has 1 aliphatic heterocycles. The van der Waals surface area contributed by atoms with Crippen molar-refractivity contribution in [1.29, 1.82) is 0 Å². The van der Waals surface area contributed by atoms with Crippen LogP contribution in [0.15, 0.2) is 18.2 Å². The number of rotatable bonds is 4. The number of carboxylic acid groups (broad SMARTS) is 1. The van der Waals surface area contributed by atoms with Crippen LogP contribution >= 0.6 is 11.6 Å². The van der Waals surface area contributed by atoms with Crippen molar-refractivity contribution in [1.82, 2.24) is 19.9 Å². The van der Waals surface area contributed by atoms with Crippen molar-refractivity contribution in [2.24, 2.45) is 0 Å². The van der Waals surface area contributed by atoms with E-state index in [2.05, 4.69) is 10.3 Å². The van der Waals surface area contributed by atoms with Gasteiger partial charge >= 0.3 is 5.97 Å². The molecule has 1 aliphatic rings. The summed E-state index contributed by atoms with van der Waals surface area (Å²) >= 11 is 5.78. The smallest absolute Gasteiger partial charge is 0.326 e. The van der Waals surface area contributed by atoms with Crippen LogP contribution in [0.1, 0.15) is 22.6 Å². The zero-order chi connectivity index (χ0) is 19.0. The molecule has 26 heavy (non-hydrogen) atoms. The van der Waals surface area contributed by atoms with E-state index in [0.717, 1.165) is 0 Å². The van der Waals surface area contributed by atoms with Gasteiger partial charge in [0.25, 0.3) is 5.91 Å². The van der Waals surface area contributed by atoms with Gasteiger partial charge in [0.15, 0.2) is 5.69 Å². The number of amides is 1. The molecule has 0 bridgehead atoms. The predicted molar refractivity (Wildman–Crippen MR) is 88.9 cm³/mol. The van der Waals surface area contributed by atoms with Gasteiger partial charge in [0.05, 0.1) is 22.5 Å². The summed E-state index contributed by atoms with van der Waals surface area (Å²) in [6.45, 7) is 1.77. The number of benzene rings is 1. The summed E-state index contributed by atoms with van der Waals surface area (Å²) in [6.07, 6.45) is -0.149. The van der Waals surface area contributed by atoms with E-state index in [9.17, 15) is 19.1 Å². The van der Waals surface area contributed by atoms with E-state index in [1.807, 2.05) is 0 Å². The Bertz CT molecular complexity index is 872. The second kappa shape index (κ2) is 7.00. The van der Waals surface area contributed by atoms with Gasteiger partial charge in [0.2, 0.25) is 0 Å². The van der Waals surface area contributed by atoms with Crippen molar-refractivity contribution in [3.63, 3.8) is 0 Å². The van der Waals surface area contributed by atoms with E-state index in [-0.39, 0.29) is 29.8 Å². The van der Waals surface area contributed by atoms with Crippen molar-refractivity contribution in [2.45, 2.75) is 25.5 Å². The molecule has 0 spiro atoms. The second-order valence-electron chi connectivity index (χ2n) is 5.94. The highest BCUT2D eigenvalue weighted by Crippen LogP contribution is 2.24. The lowest BCUT2D eigenvalue weighted by Crippen LogP contribution is -2.41. The molecule has 3 rings (SSSR count). The minimum Gasteiger partial charge on any atom is -0.480 e. The monoisotopic (exact) mass is 382 g/mol. The number of hydrogen-bond acceptors (Lipinski definition) is 5. The summed E-state index contributed by atoms with van der Waals surface area (Å²) in [4.78, 5) is 25.5. The number of aromatic nitrogens is 3. The second-order valence-corrected chi connectivity index (χ2v) is 6.35. The topological polar surface area (TPSA) is 97.6 Å². The maximum absolute atomic E-state index is 13.3. The number of methoxy groups -OCH3 is 1. The SMILES string of the molecule is COC1CC(C(=O)O)N(C(=O)c2nnn(-c3ccc(F)c(Cl)c3)c2C)C1. The molecule has 8 nitrogen and oxygen atoms in total. The van der Waals surface area contributed by atoms with E-state index < -0.39 is 23.7 Å². The fourth-order valence-electron chi connectivity index (χ4n) is 2.95. The summed E-state index contributed by atoms with van der Waals surface area (Å²) in [5.74, 6) is -2.22. The molecule has 1 aromatic carbocycles. The molecule has 1 amide bonds. The molecule has 1 N–H and O–H groups in total. The van der Waals surface area contributed by atoms with Crippen molar-refractivity contribution in [2.75, 3.05) is 13.7 Å². The third kappa shape index (κ3) is 3.15. The first kappa shape index (κ1) is 18.3. The normalized spacial score (nSPS) is 19.8. The van der Waals surface area contributed by atoms with Crippen LogP contribution in [0, 0.1) is 12.7 Å². The number of halogens is 2. The van der Waals surface area contributed by atoms with Gasteiger partial charge in [0, 0.05) is 20.1 Å². The molecule has 0 aliphatic carbocycles. The lowest BCUT2D eigenvalue weighted by Gasteiger charge is -2.20. The van der Waals surface area contributed by atoms with E-state index >= 15 is 0 Å². The number of carbonyl (C=O) groups is 2. The zero-order valence-corrected chi connectivity index (χ0v) is 14.8. The van der Waals surface area contributed by atoms with Crippen molar-refractivity contribution in [3.8, 4) is 5.69 Å². The maximum atomic E-state index is 13.3. The summed E-state index contributed by atoms with van der Waals surface area (Å²) < 4.78 is 19.9. The van der Waals surface area contributed by atoms with Gasteiger partial charge in [-0.25, -0.2) is 13.9 Å².